The average molecular weight is 251 g/mol. The van der Waals surface area contributed by atoms with Crippen LogP contribution < -0.4 is 0 Å². The summed E-state index contributed by atoms with van der Waals surface area (Å²) in [5.74, 6) is -0.935. The first-order valence-electron chi connectivity index (χ1n) is 6.35. The number of hydrogen-bond acceptors (Lipinski definition) is 2. The maximum Gasteiger partial charge on any atom is 0.258 e. The summed E-state index contributed by atoms with van der Waals surface area (Å²) in [4.78, 5) is 14.2. The van der Waals surface area contributed by atoms with Gasteiger partial charge in [0.1, 0.15) is 11.6 Å². The molecule has 1 heterocycles. The van der Waals surface area contributed by atoms with E-state index in [4.69, 9.17) is 0 Å². The summed E-state index contributed by atoms with van der Waals surface area (Å²) in [7, 11) is 0. The van der Waals surface area contributed by atoms with Crippen LogP contribution in [0.2, 0.25) is 0 Å². The lowest BCUT2D eigenvalue weighted by molar-refractivity contribution is 0.0673. The van der Waals surface area contributed by atoms with Gasteiger partial charge in [0, 0.05) is 12.1 Å². The first kappa shape index (κ1) is 12.9. The minimum atomic E-state index is -0.504. The second-order valence-electron chi connectivity index (χ2n) is 4.86. The quantitative estimate of drug-likeness (QED) is 0.878. The Morgan fingerprint density at radius 3 is 2.89 bits per heavy atom. The number of nitrogens with zero attached hydrogens (tertiary/aromatic N) is 1. The van der Waals surface area contributed by atoms with Gasteiger partial charge in [-0.2, -0.15) is 0 Å². The normalized spacial score (nSPS) is 23.4. The van der Waals surface area contributed by atoms with E-state index in [-0.39, 0.29) is 29.3 Å². The molecule has 18 heavy (non-hydrogen) atoms. The van der Waals surface area contributed by atoms with Gasteiger partial charge in [0.2, 0.25) is 0 Å². The Morgan fingerprint density at radius 2 is 2.22 bits per heavy atom. The molecule has 1 aliphatic heterocycles. The molecule has 1 amide bonds. The number of carbonyl (C=O) groups excluding carboxylic acids is 1. The van der Waals surface area contributed by atoms with Gasteiger partial charge in [0.05, 0.1) is 5.56 Å². The van der Waals surface area contributed by atoms with Crippen LogP contribution in [-0.4, -0.2) is 28.0 Å². The number of likely N-dealkylation sites (tertiary alicyclic amines) is 1. The van der Waals surface area contributed by atoms with Crippen molar-refractivity contribution >= 4 is 5.91 Å². The van der Waals surface area contributed by atoms with Crippen molar-refractivity contribution in [2.75, 3.05) is 0 Å². The van der Waals surface area contributed by atoms with Gasteiger partial charge >= 0.3 is 0 Å². The van der Waals surface area contributed by atoms with E-state index in [2.05, 4.69) is 0 Å². The van der Waals surface area contributed by atoms with Crippen molar-refractivity contribution < 1.29 is 14.3 Å². The van der Waals surface area contributed by atoms with Crippen molar-refractivity contribution in [1.29, 1.82) is 0 Å². The topological polar surface area (TPSA) is 40.5 Å². The van der Waals surface area contributed by atoms with E-state index < -0.39 is 5.82 Å². The predicted molar refractivity (Wildman–Crippen MR) is 67.0 cm³/mol. The number of amides is 1. The van der Waals surface area contributed by atoms with Gasteiger partial charge in [-0.25, -0.2) is 4.39 Å². The Labute approximate surface area is 106 Å². The third kappa shape index (κ3) is 2.19. The number of halogens is 1. The molecule has 2 unspecified atom stereocenters. The number of phenolic OH excluding ortho intramolecular Hbond substituents is 1. The summed E-state index contributed by atoms with van der Waals surface area (Å²) in [5.41, 5.74) is 0.0576. The molecule has 2 atom stereocenters. The zero-order chi connectivity index (χ0) is 13.3. The van der Waals surface area contributed by atoms with Gasteiger partial charge < -0.3 is 10.0 Å². The van der Waals surface area contributed by atoms with Crippen molar-refractivity contribution in [3.05, 3.63) is 29.6 Å². The lowest BCUT2D eigenvalue weighted by atomic mass is 10.1. The molecule has 4 heteroatoms. The minimum Gasteiger partial charge on any atom is -0.507 e. The molecule has 98 valence electrons. The molecule has 1 aromatic rings. The SMILES string of the molecule is CCC1CCC(C)N1C(=O)c1cc(F)ccc1O. The molecule has 0 spiro atoms. The maximum absolute atomic E-state index is 13.2. The van der Waals surface area contributed by atoms with E-state index in [0.29, 0.717) is 0 Å². The molecule has 1 aromatic carbocycles. The Kier molecular flexibility index (Phi) is 3.55. The molecule has 1 aliphatic rings. The molecule has 0 aliphatic carbocycles. The van der Waals surface area contributed by atoms with Crippen LogP contribution >= 0.6 is 0 Å². The zero-order valence-corrected chi connectivity index (χ0v) is 10.7. The van der Waals surface area contributed by atoms with Crippen LogP contribution in [-0.2, 0) is 0 Å². The van der Waals surface area contributed by atoms with E-state index in [9.17, 15) is 14.3 Å². The maximum atomic E-state index is 13.2. The van der Waals surface area contributed by atoms with Gasteiger partial charge in [0.15, 0.2) is 0 Å². The zero-order valence-electron chi connectivity index (χ0n) is 10.7. The van der Waals surface area contributed by atoms with Gasteiger partial charge in [-0.15, -0.1) is 0 Å². The standard InChI is InChI=1S/C14H18FNO2/c1-3-11-6-4-9(2)16(11)14(18)12-8-10(15)5-7-13(12)17/h5,7-9,11,17H,3-4,6H2,1-2H3. The number of carbonyl (C=O) groups is 1. The molecule has 0 aromatic heterocycles. The summed E-state index contributed by atoms with van der Waals surface area (Å²) >= 11 is 0. The summed E-state index contributed by atoms with van der Waals surface area (Å²) < 4.78 is 13.2. The van der Waals surface area contributed by atoms with Crippen molar-refractivity contribution in [3.63, 3.8) is 0 Å². The van der Waals surface area contributed by atoms with Gasteiger partial charge in [0.25, 0.3) is 5.91 Å². The third-order valence-corrected chi connectivity index (χ3v) is 3.68. The van der Waals surface area contributed by atoms with Crippen LogP contribution in [0.1, 0.15) is 43.5 Å². The highest BCUT2D eigenvalue weighted by atomic mass is 19.1. The van der Waals surface area contributed by atoms with Crippen LogP contribution in [0.5, 0.6) is 5.75 Å². The molecule has 0 bridgehead atoms. The summed E-state index contributed by atoms with van der Waals surface area (Å²) in [5, 5.41) is 9.70. The van der Waals surface area contributed by atoms with Crippen LogP contribution in [0.4, 0.5) is 4.39 Å². The van der Waals surface area contributed by atoms with Crippen molar-refractivity contribution in [1.82, 2.24) is 4.90 Å². The number of hydrogen-bond donors (Lipinski definition) is 1. The van der Waals surface area contributed by atoms with Gasteiger partial charge in [-0.05, 0) is 44.4 Å². The molecule has 3 nitrogen and oxygen atoms in total. The average Bonchev–Trinajstić information content (AvgIpc) is 2.72. The largest absolute Gasteiger partial charge is 0.507 e. The third-order valence-electron chi connectivity index (χ3n) is 3.68. The van der Waals surface area contributed by atoms with Gasteiger partial charge in [-0.1, -0.05) is 6.92 Å². The second-order valence-corrected chi connectivity index (χ2v) is 4.86. The van der Waals surface area contributed by atoms with Crippen molar-refractivity contribution in [3.8, 4) is 5.75 Å². The molecule has 1 fully saturated rings. The fourth-order valence-electron chi connectivity index (χ4n) is 2.66. The minimum absolute atomic E-state index is 0.0576. The van der Waals surface area contributed by atoms with Crippen LogP contribution in [0.15, 0.2) is 18.2 Å². The van der Waals surface area contributed by atoms with Crippen LogP contribution in [0, 0.1) is 5.82 Å². The van der Waals surface area contributed by atoms with E-state index in [1.807, 2.05) is 13.8 Å². The fourth-order valence-corrected chi connectivity index (χ4v) is 2.66. The highest BCUT2D eigenvalue weighted by Crippen LogP contribution is 2.30. The first-order valence-corrected chi connectivity index (χ1v) is 6.35. The van der Waals surface area contributed by atoms with Gasteiger partial charge in [-0.3, -0.25) is 4.79 Å². The predicted octanol–water partition coefficient (Wildman–Crippen LogP) is 2.93. The van der Waals surface area contributed by atoms with E-state index in [1.165, 1.54) is 6.07 Å². The Balaban J connectivity index is 2.32. The molecule has 1 saturated heterocycles. The smallest absolute Gasteiger partial charge is 0.258 e. The van der Waals surface area contributed by atoms with E-state index >= 15 is 0 Å². The lowest BCUT2D eigenvalue weighted by Gasteiger charge is -2.28. The van der Waals surface area contributed by atoms with Crippen molar-refractivity contribution in [2.24, 2.45) is 0 Å². The highest BCUT2D eigenvalue weighted by Gasteiger charge is 2.34. The van der Waals surface area contributed by atoms with Crippen LogP contribution in [0.3, 0.4) is 0 Å². The highest BCUT2D eigenvalue weighted by molar-refractivity contribution is 5.97. The molecule has 0 radical (unpaired) electrons. The lowest BCUT2D eigenvalue weighted by Crippen LogP contribution is -2.39. The second kappa shape index (κ2) is 4.96. The Morgan fingerprint density at radius 1 is 1.50 bits per heavy atom. The molecular weight excluding hydrogens is 233 g/mol. The molecule has 1 N–H and O–H groups in total. The number of benzene rings is 1. The number of rotatable bonds is 2. The molecule has 2 rings (SSSR count). The first-order chi connectivity index (χ1) is 8.54. The van der Waals surface area contributed by atoms with E-state index in [1.54, 1.807) is 4.90 Å². The van der Waals surface area contributed by atoms with Crippen LogP contribution in [0.25, 0.3) is 0 Å². The molecule has 0 saturated carbocycles. The summed E-state index contributed by atoms with van der Waals surface area (Å²) in [6.45, 7) is 4.03. The van der Waals surface area contributed by atoms with E-state index in [0.717, 1.165) is 31.4 Å². The number of aromatic hydroxyl groups is 1. The Hall–Kier alpha value is -1.58. The monoisotopic (exact) mass is 251 g/mol. The molecular formula is C14H18FNO2. The van der Waals surface area contributed by atoms with Crippen molar-refractivity contribution in [2.45, 2.75) is 45.2 Å². The number of phenols is 1. The fraction of sp³-hybridized carbons (Fsp3) is 0.500. The Bertz CT molecular complexity index is 461. The summed E-state index contributed by atoms with van der Waals surface area (Å²) in [6.07, 6.45) is 2.81. The summed E-state index contributed by atoms with van der Waals surface area (Å²) in [6, 6.07) is 3.82.